The normalized spacial score (nSPS) is 10.3. The average Bonchev–Trinajstić information content (AvgIpc) is 2.36. The summed E-state index contributed by atoms with van der Waals surface area (Å²) in [4.78, 5) is 14.9. The minimum absolute atomic E-state index is 0.122. The number of aryl methyl sites for hydroxylation is 1. The van der Waals surface area contributed by atoms with Gasteiger partial charge in [-0.15, -0.1) is 11.8 Å². The zero-order valence-electron chi connectivity index (χ0n) is 11.9. The molecule has 1 amide bonds. The van der Waals surface area contributed by atoms with Crippen LogP contribution in [0.3, 0.4) is 0 Å². The van der Waals surface area contributed by atoms with Gasteiger partial charge in [-0.25, -0.2) is 0 Å². The molecule has 0 atom stereocenters. The Hall–Kier alpha value is -1.42. The van der Waals surface area contributed by atoms with Crippen molar-refractivity contribution in [1.29, 1.82) is 0 Å². The first kappa shape index (κ1) is 15.6. The van der Waals surface area contributed by atoms with Crippen LogP contribution in [0.15, 0.2) is 35.2 Å². The number of likely N-dealkylation sites (N-methyl/N-ethyl adjacent to an activating group) is 1. The Kier molecular flexibility index (Phi) is 5.96. The molecule has 3 nitrogen and oxygen atoms in total. The van der Waals surface area contributed by atoms with Crippen molar-refractivity contribution in [1.82, 2.24) is 4.90 Å². The topological polar surface area (TPSA) is 46.3 Å². The van der Waals surface area contributed by atoms with Gasteiger partial charge in [-0.3, -0.25) is 4.79 Å². The van der Waals surface area contributed by atoms with Crippen LogP contribution in [0.4, 0.5) is 5.69 Å². The number of nitrogen functional groups attached to an aromatic ring is 1. The molecule has 104 valence electrons. The number of rotatable bonds is 6. The highest BCUT2D eigenvalue weighted by Gasteiger charge is 2.12. The SMILES string of the molecule is C=C(C)CN(CC)C(=O)CSc1cc(C)ccc1N. The van der Waals surface area contributed by atoms with Crippen LogP contribution in [0.5, 0.6) is 0 Å². The Bertz CT molecular complexity index is 471. The van der Waals surface area contributed by atoms with Crippen LogP contribution in [0.1, 0.15) is 19.4 Å². The lowest BCUT2D eigenvalue weighted by atomic mass is 10.2. The summed E-state index contributed by atoms with van der Waals surface area (Å²) in [7, 11) is 0. The highest BCUT2D eigenvalue weighted by molar-refractivity contribution is 8.00. The van der Waals surface area contributed by atoms with Crippen molar-refractivity contribution in [2.45, 2.75) is 25.7 Å². The van der Waals surface area contributed by atoms with Crippen LogP contribution in [-0.4, -0.2) is 29.6 Å². The second-order valence-electron chi connectivity index (χ2n) is 4.69. The maximum Gasteiger partial charge on any atom is 0.233 e. The van der Waals surface area contributed by atoms with E-state index in [1.165, 1.54) is 11.8 Å². The average molecular weight is 278 g/mol. The lowest BCUT2D eigenvalue weighted by Gasteiger charge is -2.20. The van der Waals surface area contributed by atoms with E-state index in [1.54, 1.807) is 4.90 Å². The van der Waals surface area contributed by atoms with E-state index in [9.17, 15) is 4.79 Å². The number of carbonyl (C=O) groups is 1. The zero-order chi connectivity index (χ0) is 14.4. The van der Waals surface area contributed by atoms with E-state index in [0.29, 0.717) is 18.8 Å². The molecule has 0 aliphatic rings. The molecule has 0 aliphatic heterocycles. The van der Waals surface area contributed by atoms with E-state index in [2.05, 4.69) is 6.58 Å². The molecule has 0 radical (unpaired) electrons. The van der Waals surface area contributed by atoms with E-state index >= 15 is 0 Å². The summed E-state index contributed by atoms with van der Waals surface area (Å²) in [5, 5.41) is 0. The van der Waals surface area contributed by atoms with Crippen molar-refractivity contribution < 1.29 is 4.79 Å². The van der Waals surface area contributed by atoms with Crippen molar-refractivity contribution in [2.24, 2.45) is 0 Å². The predicted octanol–water partition coefficient (Wildman–Crippen LogP) is 3.09. The van der Waals surface area contributed by atoms with Crippen molar-refractivity contribution in [3.63, 3.8) is 0 Å². The molecule has 0 spiro atoms. The molecule has 0 aromatic heterocycles. The molecule has 4 heteroatoms. The largest absolute Gasteiger partial charge is 0.398 e. The summed E-state index contributed by atoms with van der Waals surface area (Å²) in [5.41, 5.74) is 8.78. The Morgan fingerprint density at radius 3 is 2.74 bits per heavy atom. The minimum atomic E-state index is 0.122. The third-order valence-corrected chi connectivity index (χ3v) is 3.77. The first-order chi connectivity index (χ1) is 8.93. The van der Waals surface area contributed by atoms with Crippen LogP contribution >= 0.6 is 11.8 Å². The first-order valence-corrected chi connectivity index (χ1v) is 7.33. The number of thioether (sulfide) groups is 1. The number of hydrogen-bond donors (Lipinski definition) is 1. The number of benzene rings is 1. The van der Waals surface area contributed by atoms with Crippen LogP contribution in [-0.2, 0) is 4.79 Å². The standard InChI is InChI=1S/C15H22N2OS/c1-5-17(9-11(2)3)15(18)10-19-14-8-12(4)6-7-13(14)16/h6-8H,2,5,9-10,16H2,1,3-4H3. The Morgan fingerprint density at radius 2 is 2.16 bits per heavy atom. The van der Waals surface area contributed by atoms with E-state index in [-0.39, 0.29) is 5.91 Å². The van der Waals surface area contributed by atoms with Crippen molar-refractivity contribution in [2.75, 3.05) is 24.6 Å². The lowest BCUT2D eigenvalue weighted by molar-refractivity contribution is -0.127. The van der Waals surface area contributed by atoms with Gasteiger partial charge in [-0.1, -0.05) is 18.2 Å². The van der Waals surface area contributed by atoms with Gasteiger partial charge in [0, 0.05) is 23.7 Å². The van der Waals surface area contributed by atoms with Crippen molar-refractivity contribution >= 4 is 23.4 Å². The van der Waals surface area contributed by atoms with E-state index in [0.717, 1.165) is 21.7 Å². The molecule has 0 saturated carbocycles. The van der Waals surface area contributed by atoms with Gasteiger partial charge in [0.05, 0.1) is 5.75 Å². The first-order valence-electron chi connectivity index (χ1n) is 6.35. The van der Waals surface area contributed by atoms with Crippen LogP contribution in [0.2, 0.25) is 0 Å². The minimum Gasteiger partial charge on any atom is -0.398 e. The monoisotopic (exact) mass is 278 g/mol. The highest BCUT2D eigenvalue weighted by Crippen LogP contribution is 2.26. The van der Waals surface area contributed by atoms with Gasteiger partial charge in [-0.2, -0.15) is 0 Å². The molecule has 1 aromatic rings. The molecular formula is C15H22N2OS. The summed E-state index contributed by atoms with van der Waals surface area (Å²) in [5.74, 6) is 0.533. The summed E-state index contributed by atoms with van der Waals surface area (Å²) in [6.45, 7) is 11.1. The van der Waals surface area contributed by atoms with E-state index in [1.807, 2.05) is 39.0 Å². The third-order valence-electron chi connectivity index (χ3n) is 2.72. The molecule has 1 aromatic carbocycles. The molecule has 19 heavy (non-hydrogen) atoms. The zero-order valence-corrected chi connectivity index (χ0v) is 12.7. The fraction of sp³-hybridized carbons (Fsp3) is 0.400. The maximum absolute atomic E-state index is 12.1. The molecule has 0 aliphatic carbocycles. The number of anilines is 1. The third kappa shape index (κ3) is 4.99. The van der Waals surface area contributed by atoms with Crippen molar-refractivity contribution in [3.05, 3.63) is 35.9 Å². The van der Waals surface area contributed by atoms with E-state index < -0.39 is 0 Å². The van der Waals surface area contributed by atoms with Gasteiger partial charge in [-0.05, 0) is 38.5 Å². The Labute approximate surface area is 119 Å². The summed E-state index contributed by atoms with van der Waals surface area (Å²) in [6, 6.07) is 5.87. The highest BCUT2D eigenvalue weighted by atomic mass is 32.2. The number of hydrogen-bond acceptors (Lipinski definition) is 3. The quantitative estimate of drug-likeness (QED) is 0.494. The summed E-state index contributed by atoms with van der Waals surface area (Å²) >= 11 is 1.49. The number of nitrogens with zero attached hydrogens (tertiary/aromatic N) is 1. The van der Waals surface area contributed by atoms with Crippen LogP contribution in [0, 0.1) is 6.92 Å². The molecular weight excluding hydrogens is 256 g/mol. The summed E-state index contributed by atoms with van der Waals surface area (Å²) in [6.07, 6.45) is 0. The lowest BCUT2D eigenvalue weighted by Crippen LogP contribution is -2.33. The molecule has 0 unspecified atom stereocenters. The van der Waals surface area contributed by atoms with Gasteiger partial charge in [0.25, 0.3) is 0 Å². The van der Waals surface area contributed by atoms with Crippen molar-refractivity contribution in [3.8, 4) is 0 Å². The molecule has 0 heterocycles. The van der Waals surface area contributed by atoms with Gasteiger partial charge >= 0.3 is 0 Å². The number of nitrogens with two attached hydrogens (primary N) is 1. The second-order valence-corrected chi connectivity index (χ2v) is 5.71. The van der Waals surface area contributed by atoms with E-state index in [4.69, 9.17) is 5.73 Å². The second kappa shape index (κ2) is 7.24. The Morgan fingerprint density at radius 1 is 1.47 bits per heavy atom. The molecule has 1 rings (SSSR count). The number of amides is 1. The summed E-state index contributed by atoms with van der Waals surface area (Å²) < 4.78 is 0. The fourth-order valence-electron chi connectivity index (χ4n) is 1.70. The van der Waals surface area contributed by atoms with Gasteiger partial charge in [0.2, 0.25) is 5.91 Å². The number of carbonyl (C=O) groups excluding carboxylic acids is 1. The maximum atomic E-state index is 12.1. The Balaban J connectivity index is 2.62. The predicted molar refractivity (Wildman–Crippen MR) is 83.4 cm³/mol. The van der Waals surface area contributed by atoms with Crippen LogP contribution in [0.25, 0.3) is 0 Å². The van der Waals surface area contributed by atoms with Gasteiger partial charge < -0.3 is 10.6 Å². The molecule has 0 saturated heterocycles. The van der Waals surface area contributed by atoms with Gasteiger partial charge in [0.1, 0.15) is 0 Å². The molecule has 2 N–H and O–H groups in total. The van der Waals surface area contributed by atoms with Gasteiger partial charge in [0.15, 0.2) is 0 Å². The molecule has 0 bridgehead atoms. The molecule has 0 fully saturated rings. The van der Waals surface area contributed by atoms with Crippen LogP contribution < -0.4 is 5.73 Å². The smallest absolute Gasteiger partial charge is 0.233 e. The fourth-order valence-corrected chi connectivity index (χ4v) is 2.66.